The standard InChI is InChI=1S/C21H19N3O3S/c25-19(10-11-20-23-18(14-28-20)15-4-2-1-3-5-15)22-16-6-8-17(9-7-16)24-12-13-27-21(24)26/h1-9,14H,10-13H2,(H,22,25). The second-order valence-corrected chi connectivity index (χ2v) is 7.30. The molecule has 2 aromatic carbocycles. The molecule has 4 rings (SSSR count). The van der Waals surface area contributed by atoms with Gasteiger partial charge in [0.05, 0.1) is 17.2 Å². The molecule has 1 fully saturated rings. The molecule has 1 aliphatic rings. The third-order valence-corrected chi connectivity index (χ3v) is 5.32. The predicted octanol–water partition coefficient (Wildman–Crippen LogP) is 4.34. The molecule has 2 amide bonds. The second-order valence-electron chi connectivity index (χ2n) is 6.35. The van der Waals surface area contributed by atoms with Crippen LogP contribution >= 0.6 is 11.3 Å². The van der Waals surface area contributed by atoms with Gasteiger partial charge in [0.25, 0.3) is 0 Å². The Hall–Kier alpha value is -3.19. The summed E-state index contributed by atoms with van der Waals surface area (Å²) in [5.74, 6) is -0.0650. The normalized spacial score (nSPS) is 13.4. The molecule has 2 heterocycles. The minimum Gasteiger partial charge on any atom is -0.447 e. The number of ether oxygens (including phenoxy) is 1. The Bertz CT molecular complexity index is 970. The third kappa shape index (κ3) is 4.20. The number of rotatable bonds is 6. The lowest BCUT2D eigenvalue weighted by Crippen LogP contribution is -2.23. The smallest absolute Gasteiger partial charge is 0.414 e. The molecular formula is C21H19N3O3S. The lowest BCUT2D eigenvalue weighted by Gasteiger charge is -2.13. The van der Waals surface area contributed by atoms with Crippen LogP contribution < -0.4 is 10.2 Å². The summed E-state index contributed by atoms with van der Waals surface area (Å²) in [4.78, 5) is 30.0. The molecule has 142 valence electrons. The van der Waals surface area contributed by atoms with Gasteiger partial charge in [-0.2, -0.15) is 0 Å². The van der Waals surface area contributed by atoms with E-state index in [1.807, 2.05) is 35.7 Å². The minimum absolute atomic E-state index is 0.0650. The summed E-state index contributed by atoms with van der Waals surface area (Å²) in [6.45, 7) is 0.948. The molecule has 0 aliphatic carbocycles. The van der Waals surface area contributed by atoms with Gasteiger partial charge in [-0.3, -0.25) is 9.69 Å². The number of thiazole rings is 1. The molecule has 0 radical (unpaired) electrons. The maximum absolute atomic E-state index is 12.2. The van der Waals surface area contributed by atoms with Crippen LogP contribution in [0.4, 0.5) is 16.2 Å². The number of benzene rings is 2. The van der Waals surface area contributed by atoms with E-state index >= 15 is 0 Å². The number of aryl methyl sites for hydroxylation is 1. The summed E-state index contributed by atoms with van der Waals surface area (Å²) < 4.78 is 4.93. The van der Waals surface area contributed by atoms with Crippen molar-refractivity contribution < 1.29 is 14.3 Å². The highest BCUT2D eigenvalue weighted by Gasteiger charge is 2.23. The number of aromatic nitrogens is 1. The van der Waals surface area contributed by atoms with Crippen LogP contribution in [0.15, 0.2) is 60.0 Å². The van der Waals surface area contributed by atoms with Gasteiger partial charge in [-0.05, 0) is 24.3 Å². The molecule has 28 heavy (non-hydrogen) atoms. The molecule has 1 aromatic heterocycles. The van der Waals surface area contributed by atoms with Crippen LogP contribution in [0.3, 0.4) is 0 Å². The number of carbonyl (C=O) groups is 2. The lowest BCUT2D eigenvalue weighted by atomic mass is 10.2. The van der Waals surface area contributed by atoms with Crippen molar-refractivity contribution in [2.45, 2.75) is 12.8 Å². The second kappa shape index (κ2) is 8.22. The van der Waals surface area contributed by atoms with Gasteiger partial charge in [0.2, 0.25) is 5.91 Å². The highest BCUT2D eigenvalue weighted by atomic mass is 32.1. The zero-order valence-electron chi connectivity index (χ0n) is 15.1. The van der Waals surface area contributed by atoms with E-state index in [1.54, 1.807) is 40.5 Å². The van der Waals surface area contributed by atoms with E-state index in [1.165, 1.54) is 0 Å². The van der Waals surface area contributed by atoms with E-state index < -0.39 is 0 Å². The van der Waals surface area contributed by atoms with E-state index in [9.17, 15) is 9.59 Å². The van der Waals surface area contributed by atoms with Gasteiger partial charge in [0.1, 0.15) is 6.61 Å². The number of nitrogens with zero attached hydrogens (tertiary/aromatic N) is 2. The number of anilines is 2. The van der Waals surface area contributed by atoms with Gasteiger partial charge in [-0.15, -0.1) is 11.3 Å². The van der Waals surface area contributed by atoms with Crippen LogP contribution in [0, 0.1) is 0 Å². The van der Waals surface area contributed by atoms with Gasteiger partial charge in [-0.1, -0.05) is 30.3 Å². The summed E-state index contributed by atoms with van der Waals surface area (Å²) in [6, 6.07) is 17.2. The molecule has 1 aliphatic heterocycles. The fourth-order valence-corrected chi connectivity index (χ4v) is 3.77. The summed E-state index contributed by atoms with van der Waals surface area (Å²) in [6.07, 6.45) is 0.623. The van der Waals surface area contributed by atoms with Crippen molar-refractivity contribution in [2.75, 3.05) is 23.4 Å². The topological polar surface area (TPSA) is 71.5 Å². The lowest BCUT2D eigenvalue weighted by molar-refractivity contribution is -0.116. The third-order valence-electron chi connectivity index (χ3n) is 4.41. The van der Waals surface area contributed by atoms with Crippen molar-refractivity contribution in [3.8, 4) is 11.3 Å². The van der Waals surface area contributed by atoms with Crippen LogP contribution in [0.1, 0.15) is 11.4 Å². The van der Waals surface area contributed by atoms with Crippen molar-refractivity contribution in [3.05, 3.63) is 65.0 Å². The van der Waals surface area contributed by atoms with E-state index in [0.29, 0.717) is 31.7 Å². The minimum atomic E-state index is -0.338. The van der Waals surface area contributed by atoms with Gasteiger partial charge >= 0.3 is 6.09 Å². The average Bonchev–Trinajstić information content (AvgIpc) is 3.37. The van der Waals surface area contributed by atoms with E-state index in [-0.39, 0.29) is 12.0 Å². The Kier molecular flexibility index (Phi) is 5.34. The Morgan fingerprint density at radius 3 is 2.64 bits per heavy atom. The molecule has 0 atom stereocenters. The van der Waals surface area contributed by atoms with Crippen molar-refractivity contribution in [1.82, 2.24) is 4.98 Å². The number of hydrogen-bond acceptors (Lipinski definition) is 5. The number of amides is 2. The number of cyclic esters (lactones) is 1. The van der Waals surface area contributed by atoms with Crippen LogP contribution in [0.25, 0.3) is 11.3 Å². The molecule has 3 aromatic rings. The van der Waals surface area contributed by atoms with E-state index in [2.05, 4.69) is 10.3 Å². The van der Waals surface area contributed by atoms with Gasteiger partial charge in [0, 0.05) is 35.2 Å². The SMILES string of the molecule is O=C(CCc1nc(-c2ccccc2)cs1)Nc1ccc(N2CCOC2=O)cc1. The molecule has 7 heteroatoms. The molecule has 0 spiro atoms. The molecule has 1 N–H and O–H groups in total. The fourth-order valence-electron chi connectivity index (χ4n) is 2.96. The number of carbonyl (C=O) groups excluding carboxylic acids is 2. The fraction of sp³-hybridized carbons (Fsp3) is 0.190. The molecule has 1 saturated heterocycles. The summed E-state index contributed by atoms with van der Waals surface area (Å²) in [5, 5.41) is 5.84. The average molecular weight is 393 g/mol. The van der Waals surface area contributed by atoms with E-state index in [0.717, 1.165) is 22.0 Å². The van der Waals surface area contributed by atoms with Gasteiger partial charge < -0.3 is 10.1 Å². The van der Waals surface area contributed by atoms with Crippen LogP contribution in [-0.4, -0.2) is 30.1 Å². The first-order chi connectivity index (χ1) is 13.7. The first-order valence-electron chi connectivity index (χ1n) is 9.03. The quantitative estimate of drug-likeness (QED) is 0.676. The molecule has 6 nitrogen and oxygen atoms in total. The zero-order valence-corrected chi connectivity index (χ0v) is 15.9. The zero-order chi connectivity index (χ0) is 19.3. The first-order valence-corrected chi connectivity index (χ1v) is 9.91. The Morgan fingerprint density at radius 2 is 1.93 bits per heavy atom. The van der Waals surface area contributed by atoms with Crippen LogP contribution in [-0.2, 0) is 16.0 Å². The summed E-state index contributed by atoms with van der Waals surface area (Å²) >= 11 is 1.57. The number of hydrogen-bond donors (Lipinski definition) is 1. The van der Waals surface area contributed by atoms with Crippen molar-refractivity contribution in [2.24, 2.45) is 0 Å². The maximum atomic E-state index is 12.2. The van der Waals surface area contributed by atoms with Gasteiger partial charge in [0.15, 0.2) is 0 Å². The highest BCUT2D eigenvalue weighted by molar-refractivity contribution is 7.09. The first kappa shape index (κ1) is 18.2. The van der Waals surface area contributed by atoms with Crippen molar-refractivity contribution >= 4 is 34.7 Å². The van der Waals surface area contributed by atoms with Gasteiger partial charge in [-0.25, -0.2) is 9.78 Å². The highest BCUT2D eigenvalue weighted by Crippen LogP contribution is 2.23. The molecule has 0 unspecified atom stereocenters. The van der Waals surface area contributed by atoms with E-state index in [4.69, 9.17) is 4.74 Å². The Balaban J connectivity index is 1.30. The maximum Gasteiger partial charge on any atom is 0.414 e. The molecule has 0 saturated carbocycles. The monoisotopic (exact) mass is 393 g/mol. The van der Waals surface area contributed by atoms with Crippen LogP contribution in [0.5, 0.6) is 0 Å². The molecule has 0 bridgehead atoms. The Labute approximate surface area is 166 Å². The summed E-state index contributed by atoms with van der Waals surface area (Å²) in [7, 11) is 0. The van der Waals surface area contributed by atoms with Crippen molar-refractivity contribution in [3.63, 3.8) is 0 Å². The summed E-state index contributed by atoms with van der Waals surface area (Å²) in [5.41, 5.74) is 3.48. The van der Waals surface area contributed by atoms with Crippen molar-refractivity contribution in [1.29, 1.82) is 0 Å². The van der Waals surface area contributed by atoms with Crippen LogP contribution in [0.2, 0.25) is 0 Å². The number of nitrogens with one attached hydrogen (secondary N) is 1. The largest absolute Gasteiger partial charge is 0.447 e. The Morgan fingerprint density at radius 1 is 1.14 bits per heavy atom. The molecular weight excluding hydrogens is 374 g/mol. The predicted molar refractivity (Wildman–Crippen MR) is 110 cm³/mol.